The molecule has 1 aliphatic heterocycles. The summed E-state index contributed by atoms with van der Waals surface area (Å²) in [6, 6.07) is 5.77. The molecule has 0 saturated carbocycles. The van der Waals surface area contributed by atoms with Gasteiger partial charge in [-0.15, -0.1) is 0 Å². The Morgan fingerprint density at radius 1 is 1.18 bits per heavy atom. The van der Waals surface area contributed by atoms with Crippen LogP contribution in [0.15, 0.2) is 24.3 Å². The molecule has 1 saturated heterocycles. The minimum absolute atomic E-state index is 0.0144. The Morgan fingerprint density at radius 3 is 2.24 bits per heavy atom. The normalized spacial score (nSPS) is 19.1. The van der Waals surface area contributed by atoms with Gasteiger partial charge in [0, 0.05) is 18.7 Å². The van der Waals surface area contributed by atoms with E-state index in [0.29, 0.717) is 11.0 Å². The highest BCUT2D eigenvalue weighted by Gasteiger charge is 2.28. The molecule has 1 amide bonds. The van der Waals surface area contributed by atoms with Gasteiger partial charge in [-0.3, -0.25) is 4.79 Å². The second-order valence-corrected chi connectivity index (χ2v) is 5.46. The second kappa shape index (κ2) is 4.47. The molecule has 17 heavy (non-hydrogen) atoms. The fourth-order valence-corrected chi connectivity index (χ4v) is 2.09. The maximum atomic E-state index is 12.8. The topological polar surface area (TPSA) is 20.3 Å². The van der Waals surface area contributed by atoms with Crippen LogP contribution in [-0.4, -0.2) is 23.9 Å². The maximum absolute atomic E-state index is 12.8. The number of nitrogens with zero attached hydrogens (tertiary/aromatic N) is 1. The highest BCUT2D eigenvalue weighted by Crippen LogP contribution is 2.30. The number of hydrogen-bond acceptors (Lipinski definition) is 1. The van der Waals surface area contributed by atoms with Gasteiger partial charge in [0.25, 0.3) is 5.91 Å². The molecule has 2 nitrogen and oxygen atoms in total. The van der Waals surface area contributed by atoms with Gasteiger partial charge in [-0.1, -0.05) is 13.8 Å². The summed E-state index contributed by atoms with van der Waals surface area (Å²) in [5, 5.41) is 0. The first-order chi connectivity index (χ1) is 7.98. The van der Waals surface area contributed by atoms with E-state index in [1.165, 1.54) is 12.1 Å². The van der Waals surface area contributed by atoms with Crippen LogP contribution in [0.3, 0.4) is 0 Å². The van der Waals surface area contributed by atoms with E-state index in [-0.39, 0.29) is 11.7 Å². The van der Waals surface area contributed by atoms with Crippen molar-refractivity contribution in [2.24, 2.45) is 5.41 Å². The van der Waals surface area contributed by atoms with Gasteiger partial charge in [-0.05, 0) is 42.5 Å². The molecular weight excluding hydrogens is 217 g/mol. The van der Waals surface area contributed by atoms with Crippen molar-refractivity contribution in [3.63, 3.8) is 0 Å². The summed E-state index contributed by atoms with van der Waals surface area (Å²) in [5.74, 6) is -0.290. The van der Waals surface area contributed by atoms with Crippen molar-refractivity contribution in [2.75, 3.05) is 13.1 Å². The first-order valence-electron chi connectivity index (χ1n) is 6.03. The predicted molar refractivity (Wildman–Crippen MR) is 65.3 cm³/mol. The van der Waals surface area contributed by atoms with Crippen LogP contribution in [0.25, 0.3) is 0 Å². The van der Waals surface area contributed by atoms with E-state index in [4.69, 9.17) is 0 Å². The molecule has 3 heteroatoms. The Hall–Kier alpha value is -1.38. The molecule has 0 spiro atoms. The van der Waals surface area contributed by atoms with Crippen molar-refractivity contribution >= 4 is 5.91 Å². The van der Waals surface area contributed by atoms with E-state index in [1.807, 2.05) is 4.90 Å². The molecule has 0 unspecified atom stereocenters. The van der Waals surface area contributed by atoms with Gasteiger partial charge in [-0.2, -0.15) is 0 Å². The Bertz CT molecular complexity index is 401. The fraction of sp³-hybridized carbons (Fsp3) is 0.500. The Morgan fingerprint density at radius 2 is 1.71 bits per heavy atom. The van der Waals surface area contributed by atoms with Gasteiger partial charge in [0.1, 0.15) is 5.82 Å². The first kappa shape index (κ1) is 12.1. The van der Waals surface area contributed by atoms with Crippen molar-refractivity contribution < 1.29 is 9.18 Å². The van der Waals surface area contributed by atoms with E-state index >= 15 is 0 Å². The number of piperidine rings is 1. The van der Waals surface area contributed by atoms with Gasteiger partial charge < -0.3 is 4.90 Å². The van der Waals surface area contributed by atoms with Crippen molar-refractivity contribution in [1.29, 1.82) is 0 Å². The van der Waals surface area contributed by atoms with Crippen LogP contribution in [-0.2, 0) is 0 Å². The third kappa shape index (κ3) is 2.84. The zero-order chi connectivity index (χ0) is 12.5. The third-order valence-electron chi connectivity index (χ3n) is 3.50. The number of halogens is 1. The summed E-state index contributed by atoms with van der Waals surface area (Å²) in [6.07, 6.45) is 2.06. The van der Waals surface area contributed by atoms with Crippen LogP contribution in [0, 0.1) is 11.2 Å². The SMILES string of the molecule is CC1(C)CCN(C(=O)c2ccc(F)cc2)CC1. The van der Waals surface area contributed by atoms with Crippen LogP contribution in [0.1, 0.15) is 37.0 Å². The Kier molecular flexibility index (Phi) is 3.18. The average Bonchev–Trinajstić information content (AvgIpc) is 2.29. The van der Waals surface area contributed by atoms with Gasteiger partial charge in [-0.25, -0.2) is 4.39 Å². The molecule has 2 rings (SSSR count). The summed E-state index contributed by atoms with van der Waals surface area (Å²) < 4.78 is 12.8. The molecule has 1 heterocycles. The highest BCUT2D eigenvalue weighted by atomic mass is 19.1. The summed E-state index contributed by atoms with van der Waals surface area (Å²) >= 11 is 0. The van der Waals surface area contributed by atoms with E-state index in [0.717, 1.165) is 25.9 Å². The van der Waals surface area contributed by atoms with E-state index in [1.54, 1.807) is 12.1 Å². The molecule has 0 aromatic heterocycles. The standard InChI is InChI=1S/C14H18FNO/c1-14(2)7-9-16(10-8-14)13(17)11-3-5-12(15)6-4-11/h3-6H,7-10H2,1-2H3. The van der Waals surface area contributed by atoms with Crippen LogP contribution in [0.5, 0.6) is 0 Å². The van der Waals surface area contributed by atoms with Gasteiger partial charge in [0.05, 0.1) is 0 Å². The molecule has 0 atom stereocenters. The van der Waals surface area contributed by atoms with Gasteiger partial charge >= 0.3 is 0 Å². The third-order valence-corrected chi connectivity index (χ3v) is 3.50. The number of amides is 1. The second-order valence-electron chi connectivity index (χ2n) is 5.46. The van der Waals surface area contributed by atoms with Crippen molar-refractivity contribution in [2.45, 2.75) is 26.7 Å². The number of rotatable bonds is 1. The average molecular weight is 235 g/mol. The molecule has 0 radical (unpaired) electrons. The lowest BCUT2D eigenvalue weighted by Gasteiger charge is -2.36. The van der Waals surface area contributed by atoms with Crippen LogP contribution in [0.4, 0.5) is 4.39 Å². The molecule has 0 bridgehead atoms. The quantitative estimate of drug-likeness (QED) is 0.732. The Balaban J connectivity index is 2.04. The molecule has 1 aromatic rings. The van der Waals surface area contributed by atoms with E-state index < -0.39 is 0 Å². The van der Waals surface area contributed by atoms with E-state index in [9.17, 15) is 9.18 Å². The van der Waals surface area contributed by atoms with Crippen molar-refractivity contribution in [3.05, 3.63) is 35.6 Å². The molecule has 1 aromatic carbocycles. The monoisotopic (exact) mass is 235 g/mol. The number of likely N-dealkylation sites (tertiary alicyclic amines) is 1. The number of carbonyl (C=O) groups is 1. The van der Waals surface area contributed by atoms with Crippen molar-refractivity contribution in [3.8, 4) is 0 Å². The number of hydrogen-bond donors (Lipinski definition) is 0. The number of carbonyl (C=O) groups excluding carboxylic acids is 1. The number of benzene rings is 1. The minimum Gasteiger partial charge on any atom is -0.339 e. The zero-order valence-corrected chi connectivity index (χ0v) is 10.4. The Labute approximate surface area is 101 Å². The van der Waals surface area contributed by atoms with Gasteiger partial charge in [0.2, 0.25) is 0 Å². The first-order valence-corrected chi connectivity index (χ1v) is 6.03. The fourth-order valence-electron chi connectivity index (χ4n) is 2.09. The van der Waals surface area contributed by atoms with Crippen LogP contribution >= 0.6 is 0 Å². The maximum Gasteiger partial charge on any atom is 0.253 e. The summed E-state index contributed by atoms with van der Waals surface area (Å²) in [7, 11) is 0. The van der Waals surface area contributed by atoms with Crippen LogP contribution < -0.4 is 0 Å². The molecule has 1 aliphatic rings. The molecule has 0 aliphatic carbocycles. The lowest BCUT2D eigenvalue weighted by molar-refractivity contribution is 0.0630. The minimum atomic E-state index is -0.304. The predicted octanol–water partition coefficient (Wildman–Crippen LogP) is 3.09. The van der Waals surface area contributed by atoms with Crippen molar-refractivity contribution in [1.82, 2.24) is 4.90 Å². The van der Waals surface area contributed by atoms with Gasteiger partial charge in [0.15, 0.2) is 0 Å². The molecule has 1 fully saturated rings. The molecular formula is C14H18FNO. The summed E-state index contributed by atoms with van der Waals surface area (Å²) in [4.78, 5) is 14.0. The van der Waals surface area contributed by atoms with E-state index in [2.05, 4.69) is 13.8 Å². The van der Waals surface area contributed by atoms with Crippen LogP contribution in [0.2, 0.25) is 0 Å². The molecule has 92 valence electrons. The molecule has 0 N–H and O–H groups in total. The lowest BCUT2D eigenvalue weighted by atomic mass is 9.82. The smallest absolute Gasteiger partial charge is 0.253 e. The zero-order valence-electron chi connectivity index (χ0n) is 10.4. The largest absolute Gasteiger partial charge is 0.339 e. The highest BCUT2D eigenvalue weighted by molar-refractivity contribution is 5.94. The lowest BCUT2D eigenvalue weighted by Crippen LogP contribution is -2.41. The summed E-state index contributed by atoms with van der Waals surface area (Å²) in [6.45, 7) is 6.05. The summed E-state index contributed by atoms with van der Waals surface area (Å²) in [5.41, 5.74) is 0.908.